The minimum absolute atomic E-state index is 0.0332. The molecule has 19 heavy (non-hydrogen) atoms. The van der Waals surface area contributed by atoms with Gasteiger partial charge in [0.2, 0.25) is 5.91 Å². The molecule has 1 aromatic heterocycles. The van der Waals surface area contributed by atoms with Gasteiger partial charge in [-0.05, 0) is 18.6 Å². The Morgan fingerprint density at radius 1 is 1.47 bits per heavy atom. The summed E-state index contributed by atoms with van der Waals surface area (Å²) >= 11 is 0. The lowest BCUT2D eigenvalue weighted by atomic mass is 10.1. The second kappa shape index (κ2) is 8.55. The molecule has 0 saturated heterocycles. The Kier molecular flexibility index (Phi) is 6.99. The van der Waals surface area contributed by atoms with E-state index in [4.69, 9.17) is 4.74 Å². The largest absolute Gasteiger partial charge is 0.383 e. The van der Waals surface area contributed by atoms with Gasteiger partial charge in [0.05, 0.1) is 12.8 Å². The highest BCUT2D eigenvalue weighted by Gasteiger charge is 2.07. The average molecular weight is 269 g/mol. The van der Waals surface area contributed by atoms with Crippen molar-refractivity contribution in [3.63, 3.8) is 0 Å². The topological polar surface area (TPSA) is 63.2 Å². The second-order valence-corrected chi connectivity index (χ2v) is 4.21. The van der Waals surface area contributed by atoms with Gasteiger partial charge in [0.25, 0.3) is 0 Å². The molecule has 1 unspecified atom stereocenters. The number of hydrogen-bond donors (Lipinski definition) is 2. The molecule has 106 valence electrons. The lowest BCUT2D eigenvalue weighted by Gasteiger charge is -2.13. The lowest BCUT2D eigenvalue weighted by molar-refractivity contribution is -0.121. The maximum atomic E-state index is 13.0. The van der Waals surface area contributed by atoms with E-state index in [0.29, 0.717) is 26.1 Å². The van der Waals surface area contributed by atoms with Crippen LogP contribution in [0.5, 0.6) is 0 Å². The SMILES string of the molecule is COCCNC(=O)CCNC(C)c1cncc(F)c1. The first-order chi connectivity index (χ1) is 9.13. The fraction of sp³-hybridized carbons (Fsp3) is 0.538. The van der Waals surface area contributed by atoms with Crippen molar-refractivity contribution in [2.45, 2.75) is 19.4 Å². The molecule has 0 aliphatic rings. The van der Waals surface area contributed by atoms with Crippen LogP contribution in [0, 0.1) is 5.82 Å². The van der Waals surface area contributed by atoms with Gasteiger partial charge in [-0.3, -0.25) is 9.78 Å². The van der Waals surface area contributed by atoms with Crippen LogP contribution in [0.2, 0.25) is 0 Å². The molecule has 6 heteroatoms. The summed E-state index contributed by atoms with van der Waals surface area (Å²) in [6, 6.07) is 1.39. The number of pyridine rings is 1. The van der Waals surface area contributed by atoms with Crippen molar-refractivity contribution in [3.05, 3.63) is 29.8 Å². The van der Waals surface area contributed by atoms with Crippen molar-refractivity contribution in [2.75, 3.05) is 26.8 Å². The number of halogens is 1. The number of nitrogens with zero attached hydrogens (tertiary/aromatic N) is 1. The van der Waals surface area contributed by atoms with E-state index in [0.717, 1.165) is 5.56 Å². The van der Waals surface area contributed by atoms with E-state index < -0.39 is 0 Å². The third-order valence-corrected chi connectivity index (χ3v) is 2.66. The molecule has 1 heterocycles. The number of rotatable bonds is 8. The van der Waals surface area contributed by atoms with E-state index in [1.807, 2.05) is 6.92 Å². The Morgan fingerprint density at radius 2 is 2.26 bits per heavy atom. The van der Waals surface area contributed by atoms with Gasteiger partial charge >= 0.3 is 0 Å². The highest BCUT2D eigenvalue weighted by molar-refractivity contribution is 5.76. The monoisotopic (exact) mass is 269 g/mol. The summed E-state index contributed by atoms with van der Waals surface area (Å²) in [7, 11) is 1.59. The molecular weight excluding hydrogens is 249 g/mol. The summed E-state index contributed by atoms with van der Waals surface area (Å²) in [5.74, 6) is -0.391. The molecule has 0 aliphatic heterocycles. The van der Waals surface area contributed by atoms with E-state index in [1.54, 1.807) is 13.3 Å². The third kappa shape index (κ3) is 6.26. The number of amides is 1. The van der Waals surface area contributed by atoms with Crippen molar-refractivity contribution in [2.24, 2.45) is 0 Å². The number of ether oxygens (including phenoxy) is 1. The summed E-state index contributed by atoms with van der Waals surface area (Å²) in [6.45, 7) is 3.44. The molecule has 1 amide bonds. The Morgan fingerprint density at radius 3 is 2.95 bits per heavy atom. The van der Waals surface area contributed by atoms with E-state index in [9.17, 15) is 9.18 Å². The molecule has 0 fully saturated rings. The first-order valence-electron chi connectivity index (χ1n) is 6.23. The van der Waals surface area contributed by atoms with Crippen LogP contribution in [0.15, 0.2) is 18.5 Å². The third-order valence-electron chi connectivity index (χ3n) is 2.66. The predicted octanol–water partition coefficient (Wildman–Crippen LogP) is 1.02. The van der Waals surface area contributed by atoms with Crippen LogP contribution >= 0.6 is 0 Å². The van der Waals surface area contributed by atoms with Crippen molar-refractivity contribution < 1.29 is 13.9 Å². The van der Waals surface area contributed by atoms with Crippen LogP contribution in [-0.2, 0) is 9.53 Å². The van der Waals surface area contributed by atoms with Gasteiger partial charge in [-0.25, -0.2) is 4.39 Å². The summed E-state index contributed by atoms with van der Waals surface area (Å²) < 4.78 is 17.8. The van der Waals surface area contributed by atoms with Crippen LogP contribution < -0.4 is 10.6 Å². The molecule has 0 aromatic carbocycles. The number of methoxy groups -OCH3 is 1. The average Bonchev–Trinajstić information content (AvgIpc) is 2.39. The normalized spacial score (nSPS) is 12.2. The van der Waals surface area contributed by atoms with Gasteiger partial charge in [0, 0.05) is 38.9 Å². The first kappa shape index (κ1) is 15.5. The fourth-order valence-electron chi connectivity index (χ4n) is 1.57. The molecular formula is C13H20FN3O2. The molecule has 1 aromatic rings. The minimum atomic E-state index is -0.358. The summed E-state index contributed by atoms with van der Waals surface area (Å²) in [5.41, 5.74) is 0.764. The van der Waals surface area contributed by atoms with Crippen LogP contribution in [0.25, 0.3) is 0 Å². The van der Waals surface area contributed by atoms with Crippen LogP contribution in [-0.4, -0.2) is 37.7 Å². The van der Waals surface area contributed by atoms with Crippen LogP contribution in [0.1, 0.15) is 24.9 Å². The Bertz CT molecular complexity index is 401. The smallest absolute Gasteiger partial charge is 0.221 e. The van der Waals surface area contributed by atoms with E-state index in [2.05, 4.69) is 15.6 Å². The lowest BCUT2D eigenvalue weighted by Crippen LogP contribution is -2.30. The Hall–Kier alpha value is -1.53. The standard InChI is InChI=1S/C13H20FN3O2/c1-10(11-7-12(14)9-15-8-11)16-4-3-13(18)17-5-6-19-2/h7-10,16H,3-6H2,1-2H3,(H,17,18). The number of hydrogen-bond acceptors (Lipinski definition) is 4. The summed E-state index contributed by atoms with van der Waals surface area (Å²) in [6.07, 6.45) is 3.15. The molecule has 5 nitrogen and oxygen atoms in total. The van der Waals surface area contributed by atoms with Gasteiger partial charge in [0.1, 0.15) is 5.82 Å². The molecule has 0 radical (unpaired) electrons. The zero-order valence-electron chi connectivity index (χ0n) is 11.3. The minimum Gasteiger partial charge on any atom is -0.383 e. The molecule has 0 saturated carbocycles. The fourth-order valence-corrected chi connectivity index (χ4v) is 1.57. The number of nitrogens with one attached hydrogen (secondary N) is 2. The molecule has 0 spiro atoms. The van der Waals surface area contributed by atoms with E-state index in [1.165, 1.54) is 12.3 Å². The zero-order chi connectivity index (χ0) is 14.1. The molecule has 0 aliphatic carbocycles. The van der Waals surface area contributed by atoms with Gasteiger partial charge in [-0.15, -0.1) is 0 Å². The van der Waals surface area contributed by atoms with E-state index >= 15 is 0 Å². The number of carbonyl (C=O) groups is 1. The maximum Gasteiger partial charge on any atom is 0.221 e. The Balaban J connectivity index is 2.23. The highest BCUT2D eigenvalue weighted by atomic mass is 19.1. The molecule has 1 rings (SSSR count). The van der Waals surface area contributed by atoms with Crippen molar-refractivity contribution in [1.29, 1.82) is 0 Å². The summed E-state index contributed by atoms with van der Waals surface area (Å²) in [5, 5.41) is 5.88. The Labute approximate surface area is 112 Å². The van der Waals surface area contributed by atoms with Crippen molar-refractivity contribution in [1.82, 2.24) is 15.6 Å². The highest BCUT2D eigenvalue weighted by Crippen LogP contribution is 2.11. The van der Waals surface area contributed by atoms with Crippen LogP contribution in [0.3, 0.4) is 0 Å². The van der Waals surface area contributed by atoms with Gasteiger partial charge in [-0.2, -0.15) is 0 Å². The number of carbonyl (C=O) groups excluding carboxylic acids is 1. The maximum absolute atomic E-state index is 13.0. The number of aromatic nitrogens is 1. The first-order valence-corrected chi connectivity index (χ1v) is 6.23. The predicted molar refractivity (Wildman–Crippen MR) is 70.1 cm³/mol. The molecule has 0 bridgehead atoms. The zero-order valence-corrected chi connectivity index (χ0v) is 11.3. The second-order valence-electron chi connectivity index (χ2n) is 4.21. The molecule has 2 N–H and O–H groups in total. The van der Waals surface area contributed by atoms with Crippen molar-refractivity contribution in [3.8, 4) is 0 Å². The van der Waals surface area contributed by atoms with Crippen LogP contribution in [0.4, 0.5) is 4.39 Å². The van der Waals surface area contributed by atoms with Gasteiger partial charge in [-0.1, -0.05) is 0 Å². The quantitative estimate of drug-likeness (QED) is 0.692. The van der Waals surface area contributed by atoms with E-state index in [-0.39, 0.29) is 17.8 Å². The summed E-state index contributed by atoms with van der Waals surface area (Å²) in [4.78, 5) is 15.2. The molecule has 1 atom stereocenters. The van der Waals surface area contributed by atoms with Gasteiger partial charge < -0.3 is 15.4 Å². The van der Waals surface area contributed by atoms with Crippen molar-refractivity contribution >= 4 is 5.91 Å². The van der Waals surface area contributed by atoms with Gasteiger partial charge in [0.15, 0.2) is 0 Å².